The summed E-state index contributed by atoms with van der Waals surface area (Å²) in [6.07, 6.45) is 1.64. The molecule has 0 bridgehead atoms. The van der Waals surface area contributed by atoms with E-state index in [4.69, 9.17) is 5.73 Å². The van der Waals surface area contributed by atoms with Crippen molar-refractivity contribution in [1.29, 1.82) is 0 Å². The SMILES string of the molecule is NCCCCn1[nH]c(=O)[nH]c1=O. The Bertz CT molecular complexity index is 334. The highest BCUT2D eigenvalue weighted by molar-refractivity contribution is 4.61. The van der Waals surface area contributed by atoms with Gasteiger partial charge in [0.1, 0.15) is 0 Å². The third-order valence-corrected chi connectivity index (χ3v) is 1.54. The summed E-state index contributed by atoms with van der Waals surface area (Å²) in [5.74, 6) is 0. The van der Waals surface area contributed by atoms with Crippen LogP contribution in [0.3, 0.4) is 0 Å². The fraction of sp³-hybridized carbons (Fsp3) is 0.667. The molecule has 1 aromatic rings. The molecule has 0 saturated heterocycles. The van der Waals surface area contributed by atoms with Crippen molar-refractivity contribution in [3.63, 3.8) is 0 Å². The molecule has 0 atom stereocenters. The monoisotopic (exact) mass is 172 g/mol. The first-order chi connectivity index (χ1) is 5.74. The van der Waals surface area contributed by atoms with Crippen molar-refractivity contribution in [2.24, 2.45) is 5.73 Å². The molecule has 0 saturated carbocycles. The normalized spacial score (nSPS) is 10.4. The summed E-state index contributed by atoms with van der Waals surface area (Å²) in [5, 5.41) is 2.36. The van der Waals surface area contributed by atoms with Gasteiger partial charge in [-0.3, -0.25) is 4.98 Å². The Morgan fingerprint density at radius 3 is 2.58 bits per heavy atom. The summed E-state index contributed by atoms with van der Waals surface area (Å²) in [5.41, 5.74) is 4.41. The molecule has 0 fully saturated rings. The van der Waals surface area contributed by atoms with Crippen LogP contribution in [0.4, 0.5) is 0 Å². The number of unbranched alkanes of at least 4 members (excludes halogenated alkanes) is 1. The van der Waals surface area contributed by atoms with E-state index in [9.17, 15) is 9.59 Å². The molecule has 0 aromatic carbocycles. The smallest absolute Gasteiger partial charge is 0.330 e. The lowest BCUT2D eigenvalue weighted by atomic mass is 10.3. The van der Waals surface area contributed by atoms with E-state index in [0.717, 1.165) is 12.8 Å². The molecule has 0 aliphatic carbocycles. The second kappa shape index (κ2) is 3.91. The van der Waals surface area contributed by atoms with E-state index >= 15 is 0 Å². The largest absolute Gasteiger partial charge is 0.344 e. The molecule has 4 N–H and O–H groups in total. The van der Waals surface area contributed by atoms with E-state index in [-0.39, 0.29) is 0 Å². The summed E-state index contributed by atoms with van der Waals surface area (Å²) in [4.78, 5) is 23.6. The molecular weight excluding hydrogens is 160 g/mol. The predicted octanol–water partition coefficient (Wildman–Crippen LogP) is -1.40. The maximum Gasteiger partial charge on any atom is 0.344 e. The molecule has 68 valence electrons. The Kier molecular flexibility index (Phi) is 2.87. The maximum absolute atomic E-state index is 10.9. The second-order valence-corrected chi connectivity index (χ2v) is 2.52. The highest BCUT2D eigenvalue weighted by atomic mass is 16.2. The Morgan fingerprint density at radius 1 is 1.33 bits per heavy atom. The first-order valence-corrected chi connectivity index (χ1v) is 3.83. The van der Waals surface area contributed by atoms with Gasteiger partial charge >= 0.3 is 11.4 Å². The first kappa shape index (κ1) is 8.79. The molecule has 0 radical (unpaired) electrons. The molecule has 0 spiro atoms. The highest BCUT2D eigenvalue weighted by Gasteiger charge is 1.97. The molecule has 0 aliphatic rings. The Labute approximate surface area is 68.4 Å². The Morgan fingerprint density at radius 2 is 2.08 bits per heavy atom. The molecule has 1 rings (SSSR count). The number of hydrogen-bond donors (Lipinski definition) is 3. The third-order valence-electron chi connectivity index (χ3n) is 1.54. The van der Waals surface area contributed by atoms with E-state index in [0.29, 0.717) is 13.1 Å². The fourth-order valence-corrected chi connectivity index (χ4v) is 0.938. The van der Waals surface area contributed by atoms with Crippen LogP contribution in [-0.4, -0.2) is 21.3 Å². The quantitative estimate of drug-likeness (QED) is 0.487. The summed E-state index contributed by atoms with van der Waals surface area (Å²) in [6, 6.07) is 0. The molecule has 12 heavy (non-hydrogen) atoms. The van der Waals surface area contributed by atoms with E-state index in [1.807, 2.05) is 0 Å². The van der Waals surface area contributed by atoms with Gasteiger partial charge in [0.25, 0.3) is 0 Å². The lowest BCUT2D eigenvalue weighted by molar-refractivity contribution is 0.543. The van der Waals surface area contributed by atoms with Crippen molar-refractivity contribution < 1.29 is 0 Å². The van der Waals surface area contributed by atoms with Crippen LogP contribution in [0.5, 0.6) is 0 Å². The lowest BCUT2D eigenvalue weighted by Crippen LogP contribution is -2.18. The van der Waals surface area contributed by atoms with Crippen LogP contribution in [0, 0.1) is 0 Å². The van der Waals surface area contributed by atoms with Gasteiger partial charge in [0.05, 0.1) is 0 Å². The average molecular weight is 172 g/mol. The van der Waals surface area contributed by atoms with E-state index < -0.39 is 11.4 Å². The lowest BCUT2D eigenvalue weighted by Gasteiger charge is -1.97. The third kappa shape index (κ3) is 2.09. The molecule has 0 amide bonds. The molecule has 0 unspecified atom stereocenters. The van der Waals surface area contributed by atoms with Gasteiger partial charge in [-0.05, 0) is 19.4 Å². The zero-order valence-corrected chi connectivity index (χ0v) is 6.67. The van der Waals surface area contributed by atoms with Gasteiger partial charge in [-0.15, -0.1) is 0 Å². The van der Waals surface area contributed by atoms with Crippen molar-refractivity contribution in [2.45, 2.75) is 19.4 Å². The first-order valence-electron chi connectivity index (χ1n) is 3.83. The summed E-state index contributed by atoms with van der Waals surface area (Å²) in [6.45, 7) is 1.11. The van der Waals surface area contributed by atoms with Crippen molar-refractivity contribution >= 4 is 0 Å². The van der Waals surface area contributed by atoms with Crippen molar-refractivity contribution in [2.75, 3.05) is 6.54 Å². The van der Waals surface area contributed by atoms with Gasteiger partial charge in [-0.1, -0.05) is 0 Å². The topological polar surface area (TPSA) is 96.7 Å². The summed E-state index contributed by atoms with van der Waals surface area (Å²) < 4.78 is 1.25. The highest BCUT2D eigenvalue weighted by Crippen LogP contribution is 1.86. The summed E-state index contributed by atoms with van der Waals surface area (Å²) >= 11 is 0. The Hall–Kier alpha value is -1.30. The van der Waals surface area contributed by atoms with Crippen LogP contribution >= 0.6 is 0 Å². The van der Waals surface area contributed by atoms with E-state index in [2.05, 4.69) is 10.1 Å². The van der Waals surface area contributed by atoms with E-state index in [1.165, 1.54) is 4.68 Å². The number of aromatic nitrogens is 3. The van der Waals surface area contributed by atoms with Gasteiger partial charge in [-0.2, -0.15) is 0 Å². The van der Waals surface area contributed by atoms with Gasteiger partial charge in [0, 0.05) is 6.54 Å². The van der Waals surface area contributed by atoms with Gasteiger partial charge in [0.2, 0.25) is 0 Å². The van der Waals surface area contributed by atoms with Crippen LogP contribution < -0.4 is 17.1 Å². The number of aryl methyl sites for hydroxylation is 1. The summed E-state index contributed by atoms with van der Waals surface area (Å²) in [7, 11) is 0. The minimum atomic E-state index is -0.465. The molecule has 0 aliphatic heterocycles. The zero-order valence-electron chi connectivity index (χ0n) is 6.67. The van der Waals surface area contributed by atoms with Crippen molar-refractivity contribution in [3.8, 4) is 0 Å². The van der Waals surface area contributed by atoms with E-state index in [1.54, 1.807) is 0 Å². The van der Waals surface area contributed by atoms with Gasteiger partial charge < -0.3 is 5.73 Å². The van der Waals surface area contributed by atoms with Crippen LogP contribution in [-0.2, 0) is 6.54 Å². The number of nitrogens with one attached hydrogen (secondary N) is 2. The van der Waals surface area contributed by atoms with Crippen LogP contribution in [0.1, 0.15) is 12.8 Å². The number of rotatable bonds is 4. The minimum absolute atomic E-state index is 0.392. The van der Waals surface area contributed by atoms with Gasteiger partial charge in [-0.25, -0.2) is 19.4 Å². The molecule has 1 heterocycles. The predicted molar refractivity (Wildman–Crippen MR) is 44.0 cm³/mol. The number of nitrogens with two attached hydrogens (primary N) is 1. The van der Waals surface area contributed by atoms with Crippen molar-refractivity contribution in [3.05, 3.63) is 21.0 Å². The van der Waals surface area contributed by atoms with Crippen LogP contribution in [0.25, 0.3) is 0 Å². The number of H-pyrrole nitrogens is 2. The number of nitrogens with zero attached hydrogens (tertiary/aromatic N) is 1. The standard InChI is InChI=1S/C6H12N4O2/c7-3-1-2-4-10-6(12)8-5(11)9-10/h1-4,7H2,(H2,8,9,11,12). The van der Waals surface area contributed by atoms with Crippen molar-refractivity contribution in [1.82, 2.24) is 14.8 Å². The second-order valence-electron chi connectivity index (χ2n) is 2.52. The van der Waals surface area contributed by atoms with Crippen LogP contribution in [0.15, 0.2) is 9.59 Å². The van der Waals surface area contributed by atoms with Gasteiger partial charge in [0.15, 0.2) is 0 Å². The molecular formula is C6H12N4O2. The maximum atomic E-state index is 10.9. The number of hydrogen-bond acceptors (Lipinski definition) is 3. The molecule has 6 heteroatoms. The number of aromatic amines is 2. The fourth-order valence-electron chi connectivity index (χ4n) is 0.938. The zero-order chi connectivity index (χ0) is 8.97. The Balaban J connectivity index is 2.57. The average Bonchev–Trinajstić information content (AvgIpc) is 2.31. The minimum Gasteiger partial charge on any atom is -0.330 e. The molecule has 1 aromatic heterocycles. The van der Waals surface area contributed by atoms with Crippen LogP contribution in [0.2, 0.25) is 0 Å². The molecule has 6 nitrogen and oxygen atoms in total.